The molecule has 1 heterocycles. The van der Waals surface area contributed by atoms with Gasteiger partial charge in [-0.15, -0.1) is 0 Å². The molecule has 2 unspecified atom stereocenters. The number of ether oxygens (including phenoxy) is 1. The van der Waals surface area contributed by atoms with Crippen LogP contribution in [0.4, 0.5) is 0 Å². The van der Waals surface area contributed by atoms with E-state index >= 15 is 0 Å². The third kappa shape index (κ3) is 3.06. The summed E-state index contributed by atoms with van der Waals surface area (Å²) in [5.41, 5.74) is 0. The SMILES string of the molecule is CCCn1ccnc1C(O)C(CC)OCC. The lowest BCUT2D eigenvalue weighted by molar-refractivity contribution is -0.0406. The summed E-state index contributed by atoms with van der Waals surface area (Å²) in [6.45, 7) is 7.56. The van der Waals surface area contributed by atoms with Crippen molar-refractivity contribution in [3.63, 3.8) is 0 Å². The molecule has 0 amide bonds. The van der Waals surface area contributed by atoms with E-state index < -0.39 is 6.10 Å². The molecule has 1 rings (SSSR count). The summed E-state index contributed by atoms with van der Waals surface area (Å²) < 4.78 is 7.50. The molecule has 0 aliphatic rings. The van der Waals surface area contributed by atoms with Gasteiger partial charge in [0, 0.05) is 25.5 Å². The Labute approximate surface area is 97.3 Å². The minimum absolute atomic E-state index is 0.164. The van der Waals surface area contributed by atoms with Crippen molar-refractivity contribution >= 4 is 0 Å². The van der Waals surface area contributed by atoms with Gasteiger partial charge in [0.25, 0.3) is 0 Å². The zero-order valence-corrected chi connectivity index (χ0v) is 10.4. The first kappa shape index (κ1) is 13.2. The lowest BCUT2D eigenvalue weighted by Gasteiger charge is -2.21. The van der Waals surface area contributed by atoms with E-state index in [2.05, 4.69) is 11.9 Å². The molecule has 4 nitrogen and oxygen atoms in total. The molecular weight excluding hydrogens is 204 g/mol. The average molecular weight is 226 g/mol. The van der Waals surface area contributed by atoms with Gasteiger partial charge in [0.15, 0.2) is 0 Å². The van der Waals surface area contributed by atoms with Gasteiger partial charge in [-0.3, -0.25) is 0 Å². The van der Waals surface area contributed by atoms with Crippen LogP contribution >= 0.6 is 0 Å². The van der Waals surface area contributed by atoms with Crippen LogP contribution in [0.5, 0.6) is 0 Å². The summed E-state index contributed by atoms with van der Waals surface area (Å²) in [7, 11) is 0. The minimum Gasteiger partial charge on any atom is -0.382 e. The average Bonchev–Trinajstić information content (AvgIpc) is 2.73. The van der Waals surface area contributed by atoms with Crippen LogP contribution in [0.25, 0.3) is 0 Å². The molecule has 1 aromatic rings. The van der Waals surface area contributed by atoms with Crippen LogP contribution in [-0.2, 0) is 11.3 Å². The van der Waals surface area contributed by atoms with Gasteiger partial charge in [0.05, 0.1) is 6.10 Å². The highest BCUT2D eigenvalue weighted by Gasteiger charge is 2.23. The van der Waals surface area contributed by atoms with Gasteiger partial charge in [-0.25, -0.2) is 4.98 Å². The third-order valence-electron chi connectivity index (χ3n) is 2.61. The fourth-order valence-corrected chi connectivity index (χ4v) is 1.83. The van der Waals surface area contributed by atoms with E-state index in [9.17, 15) is 5.11 Å². The first-order chi connectivity index (χ1) is 7.74. The summed E-state index contributed by atoms with van der Waals surface area (Å²) in [5.74, 6) is 0.710. The Bertz CT molecular complexity index is 299. The van der Waals surface area contributed by atoms with Gasteiger partial charge in [0.1, 0.15) is 11.9 Å². The number of aliphatic hydroxyl groups excluding tert-OH is 1. The highest BCUT2D eigenvalue weighted by molar-refractivity contribution is 4.99. The van der Waals surface area contributed by atoms with E-state index in [-0.39, 0.29) is 6.10 Å². The second-order valence-electron chi connectivity index (χ2n) is 3.83. The first-order valence-corrected chi connectivity index (χ1v) is 6.05. The number of aromatic nitrogens is 2. The number of rotatable bonds is 7. The van der Waals surface area contributed by atoms with Crippen LogP contribution in [0, 0.1) is 0 Å². The molecule has 1 N–H and O–H groups in total. The minimum atomic E-state index is -0.633. The molecule has 4 heteroatoms. The lowest BCUT2D eigenvalue weighted by atomic mass is 10.1. The molecular formula is C12H22N2O2. The molecule has 16 heavy (non-hydrogen) atoms. The Hall–Kier alpha value is -0.870. The molecule has 0 fully saturated rings. The Morgan fingerprint density at radius 1 is 1.44 bits per heavy atom. The fraction of sp³-hybridized carbons (Fsp3) is 0.750. The standard InChI is InChI=1S/C12H22N2O2/c1-4-8-14-9-7-13-12(14)11(15)10(5-2)16-6-3/h7,9-11,15H,4-6,8H2,1-3H3. The van der Waals surface area contributed by atoms with E-state index in [0.717, 1.165) is 19.4 Å². The number of hydrogen-bond donors (Lipinski definition) is 1. The molecule has 0 aliphatic heterocycles. The van der Waals surface area contributed by atoms with Crippen LogP contribution in [0.1, 0.15) is 45.5 Å². The van der Waals surface area contributed by atoms with Crippen molar-refractivity contribution in [2.45, 2.75) is 52.4 Å². The summed E-state index contributed by atoms with van der Waals surface area (Å²) in [6.07, 6.45) is 4.65. The predicted octanol–water partition coefficient (Wildman–Crippen LogP) is 2.14. The van der Waals surface area contributed by atoms with Crippen molar-refractivity contribution in [3.8, 4) is 0 Å². The second kappa shape index (κ2) is 6.66. The van der Waals surface area contributed by atoms with Gasteiger partial charge in [-0.1, -0.05) is 13.8 Å². The molecule has 0 spiro atoms. The number of aliphatic hydroxyl groups is 1. The molecule has 0 radical (unpaired) electrons. The summed E-state index contributed by atoms with van der Waals surface area (Å²) in [4.78, 5) is 4.22. The molecule has 0 saturated carbocycles. The topological polar surface area (TPSA) is 47.3 Å². The van der Waals surface area contributed by atoms with Crippen LogP contribution in [-0.4, -0.2) is 27.4 Å². The van der Waals surface area contributed by atoms with Crippen LogP contribution in [0.3, 0.4) is 0 Å². The van der Waals surface area contributed by atoms with Gasteiger partial charge >= 0.3 is 0 Å². The summed E-state index contributed by atoms with van der Waals surface area (Å²) in [6, 6.07) is 0. The highest BCUT2D eigenvalue weighted by Crippen LogP contribution is 2.20. The molecule has 0 aliphatic carbocycles. The maximum Gasteiger partial charge on any atom is 0.140 e. The van der Waals surface area contributed by atoms with E-state index in [1.54, 1.807) is 6.20 Å². The predicted molar refractivity (Wildman–Crippen MR) is 63.2 cm³/mol. The number of aryl methyl sites for hydroxylation is 1. The van der Waals surface area contributed by atoms with E-state index in [1.807, 2.05) is 24.6 Å². The summed E-state index contributed by atoms with van der Waals surface area (Å²) >= 11 is 0. The Kier molecular flexibility index (Phi) is 5.49. The normalized spacial score (nSPS) is 15.0. The smallest absolute Gasteiger partial charge is 0.140 e. The fourth-order valence-electron chi connectivity index (χ4n) is 1.83. The Morgan fingerprint density at radius 2 is 2.19 bits per heavy atom. The molecule has 0 bridgehead atoms. The van der Waals surface area contributed by atoms with E-state index in [4.69, 9.17) is 4.74 Å². The van der Waals surface area contributed by atoms with E-state index in [0.29, 0.717) is 12.4 Å². The van der Waals surface area contributed by atoms with Crippen molar-refractivity contribution in [1.29, 1.82) is 0 Å². The van der Waals surface area contributed by atoms with Crippen molar-refractivity contribution in [2.75, 3.05) is 6.61 Å². The van der Waals surface area contributed by atoms with Gasteiger partial charge in [0.2, 0.25) is 0 Å². The first-order valence-electron chi connectivity index (χ1n) is 6.05. The molecule has 92 valence electrons. The van der Waals surface area contributed by atoms with Crippen molar-refractivity contribution in [1.82, 2.24) is 9.55 Å². The molecule has 2 atom stereocenters. The van der Waals surface area contributed by atoms with Gasteiger partial charge in [-0.05, 0) is 19.8 Å². The maximum absolute atomic E-state index is 10.2. The molecule has 1 aromatic heterocycles. The van der Waals surface area contributed by atoms with Crippen molar-refractivity contribution in [2.24, 2.45) is 0 Å². The molecule has 0 aromatic carbocycles. The number of hydrogen-bond acceptors (Lipinski definition) is 3. The summed E-state index contributed by atoms with van der Waals surface area (Å²) in [5, 5.41) is 10.2. The number of imidazole rings is 1. The third-order valence-corrected chi connectivity index (χ3v) is 2.61. The van der Waals surface area contributed by atoms with E-state index in [1.165, 1.54) is 0 Å². The Balaban J connectivity index is 2.76. The monoisotopic (exact) mass is 226 g/mol. The van der Waals surface area contributed by atoms with Gasteiger partial charge < -0.3 is 14.4 Å². The molecule has 0 saturated heterocycles. The second-order valence-corrected chi connectivity index (χ2v) is 3.83. The van der Waals surface area contributed by atoms with Crippen molar-refractivity contribution in [3.05, 3.63) is 18.2 Å². The quantitative estimate of drug-likeness (QED) is 0.775. The highest BCUT2D eigenvalue weighted by atomic mass is 16.5. The zero-order chi connectivity index (χ0) is 12.0. The van der Waals surface area contributed by atoms with Crippen LogP contribution in [0.15, 0.2) is 12.4 Å². The van der Waals surface area contributed by atoms with Crippen LogP contribution in [0.2, 0.25) is 0 Å². The number of nitrogens with zero attached hydrogens (tertiary/aromatic N) is 2. The van der Waals surface area contributed by atoms with Crippen molar-refractivity contribution < 1.29 is 9.84 Å². The Morgan fingerprint density at radius 3 is 2.75 bits per heavy atom. The van der Waals surface area contributed by atoms with Crippen LogP contribution < -0.4 is 0 Å². The lowest BCUT2D eigenvalue weighted by Crippen LogP contribution is -2.24. The largest absolute Gasteiger partial charge is 0.382 e. The van der Waals surface area contributed by atoms with Gasteiger partial charge in [-0.2, -0.15) is 0 Å². The zero-order valence-electron chi connectivity index (χ0n) is 10.4. The maximum atomic E-state index is 10.2.